The maximum atomic E-state index is 12.9. The van der Waals surface area contributed by atoms with Gasteiger partial charge in [0.05, 0.1) is 19.8 Å². The first-order valence-corrected chi connectivity index (χ1v) is 11.7. The van der Waals surface area contributed by atoms with Crippen LogP contribution in [0.15, 0.2) is 28.7 Å². The average Bonchev–Trinajstić information content (AvgIpc) is 3.45. The number of amides is 1. The maximum Gasteiger partial charge on any atom is 0.329 e. The molecule has 2 aliphatic carbocycles. The smallest absolute Gasteiger partial charge is 0.329 e. The zero-order chi connectivity index (χ0) is 23.4. The fourth-order valence-corrected chi connectivity index (χ4v) is 4.86. The standard InChI is InChI=1S/C25H32N2O6/c1-16-21(26-23(33-16)17-8-10-19(31-2)11-9-17)15-32-20-7-5-6-18(14-20)22(28)27-25(24(29)30)12-3-4-13-25/h8-11,18,20H,3-7,12-15H2,1-2H3,(H,27,28)(H,29,30). The number of ether oxygens (including phenoxy) is 2. The van der Waals surface area contributed by atoms with Crippen LogP contribution in [0.5, 0.6) is 5.75 Å². The number of carbonyl (C=O) groups is 2. The first kappa shape index (κ1) is 23.3. The summed E-state index contributed by atoms with van der Waals surface area (Å²) in [5.41, 5.74) is 0.502. The van der Waals surface area contributed by atoms with Crippen LogP contribution in [-0.2, 0) is 20.9 Å². The fraction of sp³-hybridized carbons (Fsp3) is 0.560. The predicted molar refractivity (Wildman–Crippen MR) is 121 cm³/mol. The van der Waals surface area contributed by atoms with E-state index >= 15 is 0 Å². The summed E-state index contributed by atoms with van der Waals surface area (Å²) >= 11 is 0. The van der Waals surface area contributed by atoms with Gasteiger partial charge in [-0.05, 0) is 63.3 Å². The molecule has 0 aliphatic heterocycles. The molecule has 8 nitrogen and oxygen atoms in total. The quantitative estimate of drug-likeness (QED) is 0.611. The van der Waals surface area contributed by atoms with Gasteiger partial charge in [0.2, 0.25) is 11.8 Å². The number of nitrogens with one attached hydrogen (secondary N) is 1. The first-order valence-electron chi connectivity index (χ1n) is 11.7. The number of benzene rings is 1. The summed E-state index contributed by atoms with van der Waals surface area (Å²) in [7, 11) is 1.62. The predicted octanol–water partition coefficient (Wildman–Crippen LogP) is 4.25. The summed E-state index contributed by atoms with van der Waals surface area (Å²) in [6.07, 6.45) is 5.69. The summed E-state index contributed by atoms with van der Waals surface area (Å²) in [6, 6.07) is 7.51. The van der Waals surface area contributed by atoms with E-state index in [1.807, 2.05) is 31.2 Å². The van der Waals surface area contributed by atoms with E-state index in [0.717, 1.165) is 49.1 Å². The van der Waals surface area contributed by atoms with Gasteiger partial charge in [0.15, 0.2) is 0 Å². The van der Waals surface area contributed by atoms with Crippen molar-refractivity contribution in [2.75, 3.05) is 7.11 Å². The number of carboxylic acid groups (broad SMARTS) is 1. The van der Waals surface area contributed by atoms with Crippen molar-refractivity contribution in [3.63, 3.8) is 0 Å². The number of aromatic nitrogens is 1. The monoisotopic (exact) mass is 456 g/mol. The number of rotatable bonds is 8. The molecule has 1 amide bonds. The molecule has 1 aromatic carbocycles. The molecule has 0 radical (unpaired) electrons. The van der Waals surface area contributed by atoms with Crippen LogP contribution >= 0.6 is 0 Å². The Kier molecular flexibility index (Phi) is 7.02. The van der Waals surface area contributed by atoms with Crippen LogP contribution in [-0.4, -0.2) is 40.7 Å². The fourth-order valence-electron chi connectivity index (χ4n) is 4.86. The van der Waals surface area contributed by atoms with E-state index in [-0.39, 0.29) is 17.9 Å². The summed E-state index contributed by atoms with van der Waals surface area (Å²) in [5.74, 6) is 0.691. The second-order valence-corrected chi connectivity index (χ2v) is 9.13. The van der Waals surface area contributed by atoms with Gasteiger partial charge in [0.1, 0.15) is 22.7 Å². The Hall–Kier alpha value is -2.87. The van der Waals surface area contributed by atoms with Crippen LogP contribution in [0.3, 0.4) is 0 Å². The number of aryl methyl sites for hydroxylation is 1. The van der Waals surface area contributed by atoms with Crippen LogP contribution in [0, 0.1) is 12.8 Å². The largest absolute Gasteiger partial charge is 0.497 e. The molecule has 4 rings (SSSR count). The van der Waals surface area contributed by atoms with Gasteiger partial charge in [0, 0.05) is 11.5 Å². The van der Waals surface area contributed by atoms with Crippen molar-refractivity contribution >= 4 is 11.9 Å². The average molecular weight is 457 g/mol. The highest BCUT2D eigenvalue weighted by molar-refractivity contribution is 5.88. The lowest BCUT2D eigenvalue weighted by atomic mass is 9.85. The number of hydrogen-bond acceptors (Lipinski definition) is 6. The van der Waals surface area contributed by atoms with Gasteiger partial charge in [-0.15, -0.1) is 0 Å². The molecule has 2 fully saturated rings. The van der Waals surface area contributed by atoms with Gasteiger partial charge in [0.25, 0.3) is 0 Å². The van der Waals surface area contributed by atoms with Crippen molar-refractivity contribution in [2.45, 2.75) is 76.5 Å². The molecule has 0 saturated heterocycles. The number of hydrogen-bond donors (Lipinski definition) is 2. The Morgan fingerprint density at radius 1 is 1.18 bits per heavy atom. The molecule has 2 unspecified atom stereocenters. The minimum Gasteiger partial charge on any atom is -0.497 e. The zero-order valence-electron chi connectivity index (χ0n) is 19.3. The molecule has 2 aliphatic rings. The van der Waals surface area contributed by atoms with Crippen molar-refractivity contribution in [1.29, 1.82) is 0 Å². The summed E-state index contributed by atoms with van der Waals surface area (Å²) in [4.78, 5) is 29.2. The summed E-state index contributed by atoms with van der Waals surface area (Å²) in [5, 5.41) is 12.5. The third kappa shape index (κ3) is 5.21. The zero-order valence-corrected chi connectivity index (χ0v) is 19.3. The lowest BCUT2D eigenvalue weighted by molar-refractivity contribution is -0.148. The number of nitrogens with zero attached hydrogens (tertiary/aromatic N) is 1. The highest BCUT2D eigenvalue weighted by Gasteiger charge is 2.44. The first-order chi connectivity index (χ1) is 15.9. The maximum absolute atomic E-state index is 12.9. The topological polar surface area (TPSA) is 111 Å². The van der Waals surface area contributed by atoms with Gasteiger partial charge in [-0.3, -0.25) is 4.79 Å². The van der Waals surface area contributed by atoms with Crippen LogP contribution in [0.1, 0.15) is 62.8 Å². The lowest BCUT2D eigenvalue weighted by Gasteiger charge is -2.32. The van der Waals surface area contributed by atoms with Crippen molar-refractivity contribution < 1.29 is 28.6 Å². The van der Waals surface area contributed by atoms with E-state index in [0.29, 0.717) is 37.5 Å². The molecule has 0 spiro atoms. The van der Waals surface area contributed by atoms with E-state index in [4.69, 9.17) is 13.9 Å². The molecule has 1 aromatic heterocycles. The third-order valence-electron chi connectivity index (χ3n) is 6.91. The number of carbonyl (C=O) groups excluding carboxylic acids is 1. The molecule has 2 atom stereocenters. The van der Waals surface area contributed by atoms with E-state index < -0.39 is 11.5 Å². The molecular formula is C25H32N2O6. The minimum atomic E-state index is -1.10. The number of methoxy groups -OCH3 is 1. The van der Waals surface area contributed by atoms with E-state index in [1.54, 1.807) is 7.11 Å². The Morgan fingerprint density at radius 3 is 2.58 bits per heavy atom. The number of aliphatic carboxylic acids is 1. The van der Waals surface area contributed by atoms with Crippen molar-refractivity contribution in [2.24, 2.45) is 5.92 Å². The molecule has 2 saturated carbocycles. The Balaban J connectivity index is 1.34. The van der Waals surface area contributed by atoms with Crippen molar-refractivity contribution in [1.82, 2.24) is 10.3 Å². The Morgan fingerprint density at radius 2 is 1.91 bits per heavy atom. The minimum absolute atomic E-state index is 0.0700. The number of carboxylic acids is 1. The molecule has 33 heavy (non-hydrogen) atoms. The molecule has 1 heterocycles. The molecule has 2 N–H and O–H groups in total. The van der Waals surface area contributed by atoms with Gasteiger partial charge >= 0.3 is 5.97 Å². The lowest BCUT2D eigenvalue weighted by Crippen LogP contribution is -2.54. The normalized spacial score (nSPS) is 22.1. The van der Waals surface area contributed by atoms with Crippen molar-refractivity contribution in [3.8, 4) is 17.2 Å². The highest BCUT2D eigenvalue weighted by atomic mass is 16.5. The highest BCUT2D eigenvalue weighted by Crippen LogP contribution is 2.33. The Labute approximate surface area is 193 Å². The number of oxazole rings is 1. The Bertz CT molecular complexity index is 977. The van der Waals surface area contributed by atoms with Gasteiger partial charge < -0.3 is 24.3 Å². The van der Waals surface area contributed by atoms with E-state index in [1.165, 1.54) is 0 Å². The van der Waals surface area contributed by atoms with Crippen LogP contribution in [0.25, 0.3) is 11.5 Å². The van der Waals surface area contributed by atoms with Gasteiger partial charge in [-0.1, -0.05) is 19.3 Å². The van der Waals surface area contributed by atoms with Crippen LogP contribution in [0.4, 0.5) is 0 Å². The molecule has 8 heteroatoms. The van der Waals surface area contributed by atoms with E-state index in [9.17, 15) is 14.7 Å². The van der Waals surface area contributed by atoms with Crippen molar-refractivity contribution in [3.05, 3.63) is 35.7 Å². The molecule has 2 aromatic rings. The van der Waals surface area contributed by atoms with Gasteiger partial charge in [-0.2, -0.15) is 0 Å². The molecule has 0 bridgehead atoms. The second-order valence-electron chi connectivity index (χ2n) is 9.13. The molecule has 178 valence electrons. The second kappa shape index (κ2) is 9.95. The third-order valence-corrected chi connectivity index (χ3v) is 6.91. The summed E-state index contributed by atoms with van der Waals surface area (Å²) < 4.78 is 17.1. The van der Waals surface area contributed by atoms with Crippen LogP contribution < -0.4 is 10.1 Å². The van der Waals surface area contributed by atoms with Crippen LogP contribution in [0.2, 0.25) is 0 Å². The molecular weight excluding hydrogens is 424 g/mol. The van der Waals surface area contributed by atoms with E-state index in [2.05, 4.69) is 10.3 Å². The SMILES string of the molecule is COc1ccc(-c2nc(COC3CCCC(C(=O)NC4(C(=O)O)CCCC4)C3)c(C)o2)cc1. The van der Waals surface area contributed by atoms with Gasteiger partial charge in [-0.25, -0.2) is 9.78 Å². The summed E-state index contributed by atoms with van der Waals surface area (Å²) in [6.45, 7) is 2.17.